The number of aromatic amines is 2. The molecule has 1 aliphatic carbocycles. The van der Waals surface area contributed by atoms with Gasteiger partial charge in [-0.25, -0.2) is 4.90 Å². The van der Waals surface area contributed by atoms with Crippen LogP contribution >= 0.6 is 0 Å². The second-order valence-electron chi connectivity index (χ2n) is 11.1. The van der Waals surface area contributed by atoms with E-state index in [4.69, 9.17) is 17.2 Å². The van der Waals surface area contributed by atoms with Crippen LogP contribution in [0.5, 0.6) is 0 Å². The molecule has 8 N–H and O–H groups in total. The van der Waals surface area contributed by atoms with Crippen LogP contribution in [0.1, 0.15) is 31.2 Å². The number of carbonyl (C=O) groups excluding carboxylic acids is 2. The highest BCUT2D eigenvalue weighted by molar-refractivity contribution is 6.17. The van der Waals surface area contributed by atoms with Gasteiger partial charge in [0.15, 0.2) is 5.82 Å². The third kappa shape index (κ3) is 5.74. The van der Waals surface area contributed by atoms with Gasteiger partial charge in [0, 0.05) is 11.5 Å². The maximum absolute atomic E-state index is 13.9. The van der Waals surface area contributed by atoms with Gasteiger partial charge in [-0.1, -0.05) is 36.4 Å². The number of fused-ring (bicyclic) bond motifs is 1. The summed E-state index contributed by atoms with van der Waals surface area (Å²) < 4.78 is 0. The molecule has 12 heteroatoms. The topological polar surface area (TPSA) is 199 Å². The third-order valence-electron chi connectivity index (χ3n) is 8.35. The van der Waals surface area contributed by atoms with Crippen molar-refractivity contribution >= 4 is 34.2 Å². The van der Waals surface area contributed by atoms with E-state index >= 15 is 0 Å². The van der Waals surface area contributed by atoms with Crippen LogP contribution in [-0.2, 0) is 16.0 Å². The lowest BCUT2D eigenvalue weighted by molar-refractivity contribution is -0.130. The van der Waals surface area contributed by atoms with Crippen LogP contribution < -0.4 is 22.1 Å². The number of benzene rings is 3. The highest BCUT2D eigenvalue weighted by Crippen LogP contribution is 2.33. The molecule has 2 heterocycles. The maximum atomic E-state index is 13.9. The Balaban J connectivity index is 1.23. The van der Waals surface area contributed by atoms with Gasteiger partial charge < -0.3 is 17.2 Å². The number of nitrogens with one attached hydrogen (secondary N) is 2. The molecule has 5 aromatic rings. The fraction of sp³-hybridized carbons (Fsp3) is 0.290. The third-order valence-corrected chi connectivity index (χ3v) is 8.35. The molecule has 1 aliphatic rings. The van der Waals surface area contributed by atoms with E-state index in [0.717, 1.165) is 40.4 Å². The second-order valence-corrected chi connectivity index (χ2v) is 11.1. The number of hydrogen-bond acceptors (Lipinski definition) is 9. The van der Waals surface area contributed by atoms with Crippen LogP contribution in [0.3, 0.4) is 0 Å². The molecular formula is C31H34N10O2. The van der Waals surface area contributed by atoms with Crippen LogP contribution in [-0.4, -0.2) is 55.2 Å². The van der Waals surface area contributed by atoms with Crippen LogP contribution in [0, 0.1) is 11.8 Å². The standard InChI is InChI=1S/C31H34N10O2/c32-17-19-6-10-22(11-7-19)30(42)41(23-14-12-21(13-15-23)29-37-39-40-38-29)31(43)25(33)16-18-4-8-20(9-5-18)24-2-1-3-26-27(24)28(34)36-35-26/h1-5,8-9,12-15,19,22,25H,6-7,10-11,16-17,32-33H2,(H3,34,35,36)(H,37,38,39,40)/t19?,22?,25-/m0/s1. The van der Waals surface area contributed by atoms with E-state index in [2.05, 4.69) is 30.8 Å². The number of aromatic nitrogens is 6. The summed E-state index contributed by atoms with van der Waals surface area (Å²) in [7, 11) is 0. The zero-order chi connectivity index (χ0) is 29.9. The molecule has 12 nitrogen and oxygen atoms in total. The molecule has 43 heavy (non-hydrogen) atoms. The average Bonchev–Trinajstić information content (AvgIpc) is 3.72. The first-order valence-electron chi connectivity index (χ1n) is 14.4. The van der Waals surface area contributed by atoms with Crippen molar-refractivity contribution in [2.45, 2.75) is 38.1 Å². The molecule has 1 saturated carbocycles. The van der Waals surface area contributed by atoms with Crippen molar-refractivity contribution in [3.63, 3.8) is 0 Å². The van der Waals surface area contributed by atoms with Gasteiger partial charge in [0.1, 0.15) is 0 Å². The van der Waals surface area contributed by atoms with Gasteiger partial charge >= 0.3 is 0 Å². The quantitative estimate of drug-likeness (QED) is 0.183. The molecule has 0 radical (unpaired) electrons. The van der Waals surface area contributed by atoms with Crippen LogP contribution in [0.4, 0.5) is 11.5 Å². The van der Waals surface area contributed by atoms with Gasteiger partial charge in [-0.15, -0.1) is 10.2 Å². The first-order chi connectivity index (χ1) is 20.9. The molecule has 3 aromatic carbocycles. The Morgan fingerprint density at radius 3 is 2.33 bits per heavy atom. The fourth-order valence-corrected chi connectivity index (χ4v) is 5.90. The van der Waals surface area contributed by atoms with E-state index in [-0.39, 0.29) is 18.2 Å². The first-order valence-corrected chi connectivity index (χ1v) is 14.4. The van der Waals surface area contributed by atoms with Gasteiger partial charge in [-0.05, 0) is 96.8 Å². The Morgan fingerprint density at radius 2 is 1.65 bits per heavy atom. The zero-order valence-corrected chi connectivity index (χ0v) is 23.6. The predicted octanol–water partition coefficient (Wildman–Crippen LogP) is 3.19. The number of amides is 2. The SMILES string of the molecule is NCC1CCC(C(=O)N(C(=O)[C@@H](N)Cc2ccc(-c3cccc4[nH]nc(N)c34)cc2)c2ccc(-c3nn[nH]n3)cc2)CC1. The van der Waals surface area contributed by atoms with E-state index in [1.807, 2.05) is 42.5 Å². The van der Waals surface area contributed by atoms with Crippen molar-refractivity contribution in [3.8, 4) is 22.5 Å². The van der Waals surface area contributed by atoms with E-state index < -0.39 is 11.9 Å². The molecule has 0 saturated heterocycles. The number of rotatable bonds is 8. The summed E-state index contributed by atoms with van der Waals surface area (Å²) in [6.45, 7) is 0.607. The number of anilines is 2. The monoisotopic (exact) mass is 578 g/mol. The van der Waals surface area contributed by atoms with Crippen LogP contribution in [0.25, 0.3) is 33.4 Å². The van der Waals surface area contributed by atoms with E-state index in [1.165, 1.54) is 4.90 Å². The minimum absolute atomic E-state index is 0.232. The molecular weight excluding hydrogens is 544 g/mol. The molecule has 0 spiro atoms. The smallest absolute Gasteiger partial charge is 0.251 e. The Hall–Kier alpha value is -4.94. The summed E-state index contributed by atoms with van der Waals surface area (Å²) in [4.78, 5) is 29.0. The minimum Gasteiger partial charge on any atom is -0.382 e. The molecule has 6 rings (SSSR count). The Morgan fingerprint density at radius 1 is 0.930 bits per heavy atom. The lowest BCUT2D eigenvalue weighted by Gasteiger charge is -2.32. The van der Waals surface area contributed by atoms with Crippen molar-refractivity contribution < 1.29 is 9.59 Å². The minimum atomic E-state index is -0.931. The summed E-state index contributed by atoms with van der Waals surface area (Å²) in [5, 5.41) is 22.0. The summed E-state index contributed by atoms with van der Waals surface area (Å²) in [5.74, 6) is 0.317. The van der Waals surface area contributed by atoms with Gasteiger partial charge in [0.25, 0.3) is 5.91 Å². The first kappa shape index (κ1) is 28.2. The number of carbonyl (C=O) groups is 2. The number of imide groups is 1. The van der Waals surface area contributed by atoms with Gasteiger partial charge in [0.05, 0.1) is 22.6 Å². The second kappa shape index (κ2) is 12.1. The molecule has 1 atom stereocenters. The summed E-state index contributed by atoms with van der Waals surface area (Å²) in [6, 6.07) is 19.7. The molecule has 2 amide bonds. The molecule has 0 bridgehead atoms. The summed E-state index contributed by atoms with van der Waals surface area (Å²) in [6.07, 6.45) is 3.37. The molecule has 1 fully saturated rings. The Labute approximate surface area is 248 Å². The number of H-pyrrole nitrogens is 2. The largest absolute Gasteiger partial charge is 0.382 e. The summed E-state index contributed by atoms with van der Waals surface area (Å²) in [5.41, 5.74) is 23.3. The highest BCUT2D eigenvalue weighted by atomic mass is 16.2. The fourth-order valence-electron chi connectivity index (χ4n) is 5.90. The van der Waals surface area contributed by atoms with Crippen molar-refractivity contribution in [1.29, 1.82) is 0 Å². The predicted molar refractivity (Wildman–Crippen MR) is 164 cm³/mol. The Kier molecular flexibility index (Phi) is 7.95. The molecule has 220 valence electrons. The number of nitrogens with two attached hydrogens (primary N) is 3. The number of nitrogen functional groups attached to an aromatic ring is 1. The van der Waals surface area contributed by atoms with Crippen LogP contribution in [0.15, 0.2) is 66.7 Å². The molecule has 2 aromatic heterocycles. The zero-order valence-electron chi connectivity index (χ0n) is 23.6. The van der Waals surface area contributed by atoms with Crippen molar-refractivity contribution in [2.75, 3.05) is 17.2 Å². The number of tetrazole rings is 1. The molecule has 0 aliphatic heterocycles. The lowest BCUT2D eigenvalue weighted by atomic mass is 9.81. The average molecular weight is 579 g/mol. The number of nitrogens with zero attached hydrogens (tertiary/aromatic N) is 5. The van der Waals surface area contributed by atoms with Crippen molar-refractivity contribution in [1.82, 2.24) is 30.8 Å². The molecule has 0 unspecified atom stereocenters. The van der Waals surface area contributed by atoms with E-state index in [1.54, 1.807) is 24.3 Å². The van der Waals surface area contributed by atoms with Crippen molar-refractivity contribution in [3.05, 3.63) is 72.3 Å². The maximum Gasteiger partial charge on any atom is 0.251 e. The highest BCUT2D eigenvalue weighted by Gasteiger charge is 2.35. The summed E-state index contributed by atoms with van der Waals surface area (Å²) >= 11 is 0. The van der Waals surface area contributed by atoms with E-state index in [0.29, 0.717) is 48.2 Å². The number of hydrogen-bond donors (Lipinski definition) is 5. The van der Waals surface area contributed by atoms with Crippen LogP contribution in [0.2, 0.25) is 0 Å². The van der Waals surface area contributed by atoms with Gasteiger partial charge in [0.2, 0.25) is 11.7 Å². The van der Waals surface area contributed by atoms with Gasteiger partial charge in [-0.3, -0.25) is 14.7 Å². The normalized spacial score (nSPS) is 17.5. The Bertz CT molecular complexity index is 1710. The lowest BCUT2D eigenvalue weighted by Crippen LogP contribution is -2.50. The van der Waals surface area contributed by atoms with E-state index in [9.17, 15) is 9.59 Å². The van der Waals surface area contributed by atoms with Crippen molar-refractivity contribution in [2.24, 2.45) is 23.3 Å². The van der Waals surface area contributed by atoms with Gasteiger partial charge in [-0.2, -0.15) is 10.3 Å².